The van der Waals surface area contributed by atoms with Crippen molar-refractivity contribution in [2.45, 2.75) is 20.8 Å². The number of anilines is 1. The summed E-state index contributed by atoms with van der Waals surface area (Å²) < 4.78 is 11.1. The maximum absolute atomic E-state index is 12.4. The average Bonchev–Trinajstić information content (AvgIpc) is 2.61. The van der Waals surface area contributed by atoms with Crippen molar-refractivity contribution < 1.29 is 19.1 Å². The van der Waals surface area contributed by atoms with Gasteiger partial charge in [-0.2, -0.15) is 9.78 Å². The fourth-order valence-electron chi connectivity index (χ4n) is 2.15. The van der Waals surface area contributed by atoms with Gasteiger partial charge in [-0.15, -0.1) is 0 Å². The van der Waals surface area contributed by atoms with Crippen molar-refractivity contribution in [2.24, 2.45) is 0 Å². The Balaban J connectivity index is 2.46. The number of hydrogen-bond donors (Lipinski definition) is 1. The number of amides is 1. The highest BCUT2D eigenvalue weighted by Crippen LogP contribution is 2.14. The first kappa shape index (κ1) is 19.3. The zero-order chi connectivity index (χ0) is 19.1. The lowest BCUT2D eigenvalue weighted by Gasteiger charge is -2.12. The lowest BCUT2D eigenvalue weighted by atomic mass is 10.2. The molecule has 0 saturated heterocycles. The van der Waals surface area contributed by atoms with Crippen molar-refractivity contribution in [3.05, 3.63) is 51.9 Å². The van der Waals surface area contributed by atoms with Gasteiger partial charge < -0.3 is 14.8 Å². The van der Waals surface area contributed by atoms with Crippen LogP contribution < -0.4 is 10.9 Å². The van der Waals surface area contributed by atoms with E-state index in [2.05, 4.69) is 10.4 Å². The number of nitrogens with one attached hydrogen (secondary N) is 1. The molecule has 1 N–H and O–H groups in total. The molecule has 0 unspecified atom stereocenters. The molecule has 0 aliphatic heterocycles. The number of aromatic nitrogens is 2. The number of nitrogens with zero attached hydrogens (tertiary/aromatic N) is 2. The van der Waals surface area contributed by atoms with Crippen LogP contribution in [0.2, 0.25) is 0 Å². The summed E-state index contributed by atoms with van der Waals surface area (Å²) in [5, 5.41) is 6.57. The number of carbonyl (C=O) groups excluding carboxylic acids is 2. The molecule has 26 heavy (non-hydrogen) atoms. The molecule has 0 bridgehead atoms. The molecule has 0 fully saturated rings. The van der Waals surface area contributed by atoms with E-state index < -0.39 is 17.4 Å². The van der Waals surface area contributed by atoms with Crippen LogP contribution in [0.25, 0.3) is 5.69 Å². The van der Waals surface area contributed by atoms with Crippen molar-refractivity contribution >= 4 is 17.6 Å². The molecule has 1 heterocycles. The summed E-state index contributed by atoms with van der Waals surface area (Å²) in [5.41, 5.74) is 0.859. The van der Waals surface area contributed by atoms with E-state index in [1.165, 1.54) is 0 Å². The minimum atomic E-state index is -0.736. The number of aryl methyl sites for hydroxylation is 1. The number of benzene rings is 1. The highest BCUT2D eigenvalue weighted by atomic mass is 16.5. The number of ether oxygens (including phenoxy) is 2. The molecule has 0 aliphatic rings. The summed E-state index contributed by atoms with van der Waals surface area (Å²) in [6.45, 7) is 5.63. The monoisotopic (exact) mass is 359 g/mol. The Hall–Kier alpha value is -3.00. The average molecular weight is 359 g/mol. The van der Waals surface area contributed by atoms with Gasteiger partial charge in [0.25, 0.3) is 5.56 Å². The Bertz CT molecular complexity index is 843. The molecule has 8 nitrogen and oxygen atoms in total. The van der Waals surface area contributed by atoms with E-state index in [0.717, 1.165) is 16.3 Å². The number of hydrogen-bond acceptors (Lipinski definition) is 6. The zero-order valence-corrected chi connectivity index (χ0v) is 14.9. The highest BCUT2D eigenvalue weighted by Gasteiger charge is 2.20. The lowest BCUT2D eigenvalue weighted by molar-refractivity contribution is -0.120. The van der Waals surface area contributed by atoms with Gasteiger partial charge in [0, 0.05) is 12.7 Å². The van der Waals surface area contributed by atoms with E-state index in [0.29, 0.717) is 12.3 Å². The molecule has 2 aromatic rings. The van der Waals surface area contributed by atoms with E-state index in [9.17, 15) is 14.4 Å². The first-order valence-corrected chi connectivity index (χ1v) is 8.22. The van der Waals surface area contributed by atoms with Crippen LogP contribution in [0.15, 0.2) is 35.1 Å². The molecular formula is C18H21N3O5. The highest BCUT2D eigenvalue weighted by molar-refractivity contribution is 6.00. The fourth-order valence-corrected chi connectivity index (χ4v) is 2.15. The molecule has 1 amide bonds. The van der Waals surface area contributed by atoms with Gasteiger partial charge in [0.15, 0.2) is 5.69 Å². The second kappa shape index (κ2) is 8.91. The van der Waals surface area contributed by atoms with Gasteiger partial charge in [-0.05, 0) is 32.9 Å². The predicted octanol–water partition coefficient (Wildman–Crippen LogP) is 1.69. The number of carbonyl (C=O) groups is 2. The lowest BCUT2D eigenvalue weighted by Crippen LogP contribution is -2.28. The summed E-state index contributed by atoms with van der Waals surface area (Å²) in [4.78, 5) is 36.5. The molecule has 0 radical (unpaired) electrons. The van der Waals surface area contributed by atoms with Crippen LogP contribution in [0, 0.1) is 6.92 Å². The van der Waals surface area contributed by atoms with Crippen molar-refractivity contribution in [1.29, 1.82) is 0 Å². The topological polar surface area (TPSA) is 99.5 Å². The Kier molecular flexibility index (Phi) is 6.62. The van der Waals surface area contributed by atoms with Crippen LogP contribution in [0.3, 0.4) is 0 Å². The minimum Gasteiger partial charge on any atom is -0.461 e. The molecule has 1 aromatic carbocycles. The smallest absolute Gasteiger partial charge is 0.360 e. The van der Waals surface area contributed by atoms with E-state index in [-0.39, 0.29) is 24.6 Å². The van der Waals surface area contributed by atoms with Gasteiger partial charge in [0.05, 0.1) is 18.0 Å². The largest absolute Gasteiger partial charge is 0.461 e. The van der Waals surface area contributed by atoms with E-state index in [1.54, 1.807) is 26.0 Å². The van der Waals surface area contributed by atoms with Crippen LogP contribution in [-0.4, -0.2) is 41.5 Å². The summed E-state index contributed by atoms with van der Waals surface area (Å²) in [5.74, 6) is -1.23. The predicted molar refractivity (Wildman–Crippen MR) is 95.7 cm³/mol. The Morgan fingerprint density at radius 1 is 1.15 bits per heavy atom. The molecule has 1 aromatic heterocycles. The maximum atomic E-state index is 12.4. The van der Waals surface area contributed by atoms with Crippen molar-refractivity contribution in [2.75, 3.05) is 25.1 Å². The fraction of sp³-hybridized carbons (Fsp3) is 0.333. The molecular weight excluding hydrogens is 338 g/mol. The van der Waals surface area contributed by atoms with E-state index in [4.69, 9.17) is 9.47 Å². The van der Waals surface area contributed by atoms with Crippen molar-refractivity contribution in [3.8, 4) is 5.69 Å². The van der Waals surface area contributed by atoms with Crippen molar-refractivity contribution in [3.63, 3.8) is 0 Å². The molecule has 0 spiro atoms. The van der Waals surface area contributed by atoms with E-state index in [1.807, 2.05) is 19.1 Å². The number of rotatable bonds is 7. The quantitative estimate of drug-likeness (QED) is 0.755. The number of esters is 1. The second-order valence-corrected chi connectivity index (χ2v) is 5.40. The third-order valence-electron chi connectivity index (χ3n) is 3.39. The van der Waals surface area contributed by atoms with Crippen LogP contribution in [0.1, 0.15) is 29.9 Å². The Morgan fingerprint density at radius 2 is 1.85 bits per heavy atom. The van der Waals surface area contributed by atoms with Gasteiger partial charge in [-0.3, -0.25) is 9.59 Å². The maximum Gasteiger partial charge on any atom is 0.360 e. The molecule has 2 rings (SSSR count). The summed E-state index contributed by atoms with van der Waals surface area (Å²) in [6, 6.07) is 8.22. The van der Waals surface area contributed by atoms with Crippen LogP contribution in [-0.2, 0) is 14.3 Å². The van der Waals surface area contributed by atoms with Gasteiger partial charge in [0.1, 0.15) is 6.61 Å². The third kappa shape index (κ3) is 4.76. The molecule has 0 atom stereocenters. The molecule has 0 saturated carbocycles. The van der Waals surface area contributed by atoms with E-state index >= 15 is 0 Å². The standard InChI is InChI=1S/C18H21N3O5/c1-4-25-11-15(22)19-14-10-16(23)21(13-8-6-12(3)7-9-13)20-17(14)18(24)26-5-2/h6-10H,4-5,11H2,1-3H3,(H,19,22). The minimum absolute atomic E-state index is 0.0125. The zero-order valence-electron chi connectivity index (χ0n) is 14.9. The van der Waals surface area contributed by atoms with Gasteiger partial charge >= 0.3 is 5.97 Å². The SMILES string of the molecule is CCOCC(=O)Nc1cc(=O)n(-c2ccc(C)cc2)nc1C(=O)OCC. The normalized spacial score (nSPS) is 10.4. The summed E-state index contributed by atoms with van der Waals surface area (Å²) >= 11 is 0. The summed E-state index contributed by atoms with van der Waals surface area (Å²) in [7, 11) is 0. The first-order chi connectivity index (χ1) is 12.5. The first-order valence-electron chi connectivity index (χ1n) is 8.22. The second-order valence-electron chi connectivity index (χ2n) is 5.40. The van der Waals surface area contributed by atoms with Gasteiger partial charge in [-0.1, -0.05) is 17.7 Å². The van der Waals surface area contributed by atoms with Gasteiger partial charge in [0.2, 0.25) is 5.91 Å². The van der Waals surface area contributed by atoms with Crippen molar-refractivity contribution in [1.82, 2.24) is 9.78 Å². The molecule has 138 valence electrons. The molecule has 8 heteroatoms. The third-order valence-corrected chi connectivity index (χ3v) is 3.39. The van der Waals surface area contributed by atoms with Crippen LogP contribution in [0.4, 0.5) is 5.69 Å². The van der Waals surface area contributed by atoms with Crippen LogP contribution in [0.5, 0.6) is 0 Å². The Labute approximate surface area is 150 Å². The van der Waals surface area contributed by atoms with Crippen LogP contribution >= 0.6 is 0 Å². The summed E-state index contributed by atoms with van der Waals surface area (Å²) in [6.07, 6.45) is 0. The molecule has 0 aliphatic carbocycles. The Morgan fingerprint density at radius 3 is 2.46 bits per heavy atom. The van der Waals surface area contributed by atoms with Gasteiger partial charge in [-0.25, -0.2) is 4.79 Å².